The van der Waals surface area contributed by atoms with Crippen molar-refractivity contribution < 1.29 is 7.24 Å². The van der Waals surface area contributed by atoms with E-state index in [2.05, 4.69) is 0 Å². The summed E-state index contributed by atoms with van der Waals surface area (Å²) in [6, 6.07) is 6.50. The van der Waals surface area contributed by atoms with E-state index in [1.807, 2.05) is 0 Å². The van der Waals surface area contributed by atoms with Gasteiger partial charge in [-0.1, -0.05) is 18.2 Å². The second-order valence-electron chi connectivity index (χ2n) is 1.80. The van der Waals surface area contributed by atoms with Crippen LogP contribution in [-0.4, -0.2) is 23.1 Å². The zero-order valence-corrected chi connectivity index (χ0v) is 7.09. The van der Waals surface area contributed by atoms with Gasteiger partial charge in [0.2, 0.25) is 0 Å². The third-order valence-electron chi connectivity index (χ3n) is 1.18. The SMILES string of the molecule is NCc1ccccc1F.[H-].[H-].[Mg+2]. The summed E-state index contributed by atoms with van der Waals surface area (Å²) in [5, 5.41) is 0. The largest absolute Gasteiger partial charge is 2.00 e. The van der Waals surface area contributed by atoms with Gasteiger partial charge in [0.25, 0.3) is 0 Å². The van der Waals surface area contributed by atoms with Gasteiger partial charge >= 0.3 is 23.1 Å². The molecule has 1 aromatic rings. The summed E-state index contributed by atoms with van der Waals surface area (Å²) in [6.07, 6.45) is 0. The maximum atomic E-state index is 12.5. The number of rotatable bonds is 1. The zero-order valence-electron chi connectivity index (χ0n) is 7.68. The van der Waals surface area contributed by atoms with Gasteiger partial charge in [0.15, 0.2) is 0 Å². The van der Waals surface area contributed by atoms with E-state index in [0.717, 1.165) is 0 Å². The molecule has 0 spiro atoms. The number of nitrogens with two attached hydrogens (primary N) is 1. The standard InChI is InChI=1S/C7H8FN.Mg.2H/c8-7-4-2-1-3-6(7)5-9;;;/h1-4H,5,9H2;;;/q;+2;2*-1. The molecule has 1 nitrogen and oxygen atoms in total. The number of hydrogen-bond donors (Lipinski definition) is 1. The Morgan fingerprint density at radius 2 is 2.00 bits per heavy atom. The summed E-state index contributed by atoms with van der Waals surface area (Å²) in [4.78, 5) is 0. The minimum Gasteiger partial charge on any atom is -1.00 e. The van der Waals surface area contributed by atoms with E-state index >= 15 is 0 Å². The fourth-order valence-electron chi connectivity index (χ4n) is 0.664. The van der Waals surface area contributed by atoms with Gasteiger partial charge < -0.3 is 8.59 Å². The van der Waals surface area contributed by atoms with E-state index < -0.39 is 0 Å². The molecule has 1 aromatic carbocycles. The first-order chi connectivity index (χ1) is 4.34. The molecule has 0 amide bonds. The number of benzene rings is 1. The van der Waals surface area contributed by atoms with Crippen LogP contribution in [0.5, 0.6) is 0 Å². The summed E-state index contributed by atoms with van der Waals surface area (Å²) < 4.78 is 12.5. The maximum Gasteiger partial charge on any atom is 2.00 e. The van der Waals surface area contributed by atoms with Crippen molar-refractivity contribution in [3.05, 3.63) is 35.6 Å². The molecule has 52 valence electrons. The Morgan fingerprint density at radius 1 is 1.40 bits per heavy atom. The molecule has 0 aliphatic rings. The molecule has 0 bridgehead atoms. The van der Waals surface area contributed by atoms with Crippen molar-refractivity contribution in [2.24, 2.45) is 5.73 Å². The van der Waals surface area contributed by atoms with Gasteiger partial charge in [0.05, 0.1) is 0 Å². The van der Waals surface area contributed by atoms with E-state index in [9.17, 15) is 4.39 Å². The predicted molar refractivity (Wildman–Crippen MR) is 42.3 cm³/mol. The Kier molecular flexibility index (Phi) is 4.60. The second kappa shape index (κ2) is 4.65. The number of hydrogen-bond acceptors (Lipinski definition) is 1. The normalized spacial score (nSPS) is 8.60. The molecular weight excluding hydrogens is 141 g/mol. The van der Waals surface area contributed by atoms with Gasteiger partial charge in [0, 0.05) is 12.1 Å². The fraction of sp³-hybridized carbons (Fsp3) is 0.143. The zero-order chi connectivity index (χ0) is 6.69. The van der Waals surface area contributed by atoms with Crippen LogP contribution in [0.15, 0.2) is 24.3 Å². The van der Waals surface area contributed by atoms with Crippen molar-refractivity contribution in [3.8, 4) is 0 Å². The van der Waals surface area contributed by atoms with Crippen LogP contribution in [0.3, 0.4) is 0 Å². The Morgan fingerprint density at radius 3 is 2.40 bits per heavy atom. The van der Waals surface area contributed by atoms with Crippen LogP contribution in [0.4, 0.5) is 4.39 Å². The van der Waals surface area contributed by atoms with Crippen LogP contribution < -0.4 is 5.73 Å². The molecule has 0 aliphatic carbocycles. The van der Waals surface area contributed by atoms with E-state index in [4.69, 9.17) is 5.73 Å². The summed E-state index contributed by atoms with van der Waals surface area (Å²) in [6.45, 7) is 0.271. The quantitative estimate of drug-likeness (QED) is 0.599. The molecule has 0 heterocycles. The molecule has 0 aromatic heterocycles. The molecule has 0 unspecified atom stereocenters. The molecule has 3 heteroatoms. The molecule has 0 fully saturated rings. The number of halogens is 1. The van der Waals surface area contributed by atoms with Crippen molar-refractivity contribution in [2.75, 3.05) is 0 Å². The van der Waals surface area contributed by atoms with Crippen molar-refractivity contribution in [2.45, 2.75) is 6.54 Å². The summed E-state index contributed by atoms with van der Waals surface area (Å²) in [5.74, 6) is -0.222. The molecule has 0 radical (unpaired) electrons. The summed E-state index contributed by atoms with van der Waals surface area (Å²) >= 11 is 0. The molecular formula is C7H10FMgN. The van der Waals surface area contributed by atoms with Crippen molar-refractivity contribution in [1.29, 1.82) is 0 Å². The van der Waals surface area contributed by atoms with Gasteiger partial charge in [-0.25, -0.2) is 4.39 Å². The smallest absolute Gasteiger partial charge is 1.00 e. The van der Waals surface area contributed by atoms with Crippen LogP contribution in [0.25, 0.3) is 0 Å². The predicted octanol–water partition coefficient (Wildman–Crippen LogP) is 1.13. The van der Waals surface area contributed by atoms with Gasteiger partial charge in [-0.15, -0.1) is 0 Å². The van der Waals surface area contributed by atoms with Crippen LogP contribution in [0.1, 0.15) is 8.42 Å². The van der Waals surface area contributed by atoms with E-state index in [1.54, 1.807) is 18.2 Å². The Balaban J connectivity index is -0.000000270. The molecule has 10 heavy (non-hydrogen) atoms. The molecule has 0 atom stereocenters. The topological polar surface area (TPSA) is 26.0 Å². The van der Waals surface area contributed by atoms with Gasteiger partial charge in [0.1, 0.15) is 5.82 Å². The average molecular weight is 151 g/mol. The van der Waals surface area contributed by atoms with Crippen molar-refractivity contribution in [3.63, 3.8) is 0 Å². The Hall–Kier alpha value is -0.124. The van der Waals surface area contributed by atoms with Crippen molar-refractivity contribution >= 4 is 23.1 Å². The van der Waals surface area contributed by atoms with Gasteiger partial charge in [-0.05, 0) is 6.07 Å². The summed E-state index contributed by atoms with van der Waals surface area (Å²) in [7, 11) is 0. The Labute approximate surface area is 78.5 Å². The minimum atomic E-state index is -0.222. The average Bonchev–Trinajstić information content (AvgIpc) is 1.89. The first kappa shape index (κ1) is 9.88. The molecule has 0 saturated carbocycles. The van der Waals surface area contributed by atoms with Crippen LogP contribution >= 0.6 is 0 Å². The summed E-state index contributed by atoms with van der Waals surface area (Å²) in [5.41, 5.74) is 5.78. The third-order valence-corrected chi connectivity index (χ3v) is 1.18. The molecule has 2 N–H and O–H groups in total. The van der Waals surface area contributed by atoms with Crippen molar-refractivity contribution in [1.82, 2.24) is 0 Å². The molecule has 0 saturated heterocycles. The molecule has 0 aliphatic heterocycles. The second-order valence-corrected chi connectivity index (χ2v) is 1.80. The minimum absolute atomic E-state index is 0. The van der Waals surface area contributed by atoms with E-state index in [0.29, 0.717) is 5.56 Å². The monoisotopic (exact) mass is 151 g/mol. The molecule has 1 rings (SSSR count). The first-order valence-electron chi connectivity index (χ1n) is 2.78. The van der Waals surface area contributed by atoms with Crippen LogP contribution in [-0.2, 0) is 6.54 Å². The van der Waals surface area contributed by atoms with E-state index in [1.165, 1.54) is 6.07 Å². The Bertz CT molecular complexity index is 210. The maximum absolute atomic E-state index is 12.5. The fourth-order valence-corrected chi connectivity index (χ4v) is 0.664. The van der Waals surface area contributed by atoms with Crippen LogP contribution in [0.2, 0.25) is 0 Å². The third kappa shape index (κ3) is 2.25. The van der Waals surface area contributed by atoms with Gasteiger partial charge in [-0.3, -0.25) is 0 Å². The van der Waals surface area contributed by atoms with E-state index in [-0.39, 0.29) is 38.3 Å². The van der Waals surface area contributed by atoms with Crippen LogP contribution in [0, 0.1) is 5.82 Å². The first-order valence-corrected chi connectivity index (χ1v) is 2.78. The van der Waals surface area contributed by atoms with Gasteiger partial charge in [-0.2, -0.15) is 0 Å².